The van der Waals surface area contributed by atoms with Gasteiger partial charge in [0.2, 0.25) is 0 Å². The van der Waals surface area contributed by atoms with E-state index in [2.05, 4.69) is 0 Å². The van der Waals surface area contributed by atoms with Gasteiger partial charge in [-0.25, -0.2) is 0 Å². The second-order valence-electron chi connectivity index (χ2n) is 5.53. The van der Waals surface area contributed by atoms with Crippen molar-refractivity contribution in [2.24, 2.45) is 0 Å². The van der Waals surface area contributed by atoms with Crippen molar-refractivity contribution in [3.05, 3.63) is 0 Å². The largest absolute Gasteiger partial charge is 0.394 e. The van der Waals surface area contributed by atoms with Crippen LogP contribution in [0.25, 0.3) is 0 Å². The molecule has 0 unspecified atom stereocenters. The fourth-order valence-corrected chi connectivity index (χ4v) is 2.57. The monoisotopic (exact) mass is 342 g/mol. The standard InChI is InChI=1S/C12H22O11/c13-1-3-5(15)6(16)9(19)12(22-3)23-10-4(2-14)21-11(20)8(18)7(10)17/h3-20H,1-2H2/t3-,4-,5-,6+,7+,8+,9-,10-,11+,12-/m1/s1. The normalized spacial score (nSPS) is 51.7. The first-order chi connectivity index (χ1) is 10.8. The molecule has 0 spiro atoms. The average Bonchev–Trinajstić information content (AvgIpc) is 2.55. The van der Waals surface area contributed by atoms with Crippen LogP contribution in [0.1, 0.15) is 0 Å². The molecule has 2 fully saturated rings. The van der Waals surface area contributed by atoms with Gasteiger partial charge in [-0.2, -0.15) is 0 Å². The van der Waals surface area contributed by atoms with Crippen molar-refractivity contribution < 1.29 is 55.1 Å². The number of rotatable bonds is 4. The third-order valence-corrected chi connectivity index (χ3v) is 3.98. The molecule has 2 aliphatic rings. The zero-order valence-corrected chi connectivity index (χ0v) is 12.0. The zero-order valence-electron chi connectivity index (χ0n) is 12.0. The molecule has 8 N–H and O–H groups in total. The minimum Gasteiger partial charge on any atom is -0.394 e. The third-order valence-electron chi connectivity index (χ3n) is 3.98. The Morgan fingerprint density at radius 2 is 1.26 bits per heavy atom. The van der Waals surface area contributed by atoms with E-state index < -0.39 is 74.6 Å². The number of hydrogen-bond donors (Lipinski definition) is 8. The predicted octanol–water partition coefficient (Wildman–Crippen LogP) is -5.40. The smallest absolute Gasteiger partial charge is 0.187 e. The van der Waals surface area contributed by atoms with Crippen LogP contribution >= 0.6 is 0 Å². The molecule has 0 radical (unpaired) electrons. The molecule has 0 aromatic rings. The highest BCUT2D eigenvalue weighted by Gasteiger charge is 2.50. The fraction of sp³-hybridized carbons (Fsp3) is 1.00. The van der Waals surface area contributed by atoms with Crippen molar-refractivity contribution in [1.29, 1.82) is 0 Å². The van der Waals surface area contributed by atoms with Crippen LogP contribution in [0.4, 0.5) is 0 Å². The molecule has 0 saturated carbocycles. The van der Waals surface area contributed by atoms with Crippen LogP contribution in [0.3, 0.4) is 0 Å². The molecule has 11 heteroatoms. The van der Waals surface area contributed by atoms with E-state index in [4.69, 9.17) is 19.3 Å². The van der Waals surface area contributed by atoms with Crippen LogP contribution in [0.15, 0.2) is 0 Å². The first-order valence-electron chi connectivity index (χ1n) is 7.08. The van der Waals surface area contributed by atoms with Crippen molar-refractivity contribution in [2.45, 2.75) is 61.4 Å². The van der Waals surface area contributed by atoms with E-state index in [1.165, 1.54) is 0 Å². The van der Waals surface area contributed by atoms with Crippen LogP contribution in [0.2, 0.25) is 0 Å². The maximum absolute atomic E-state index is 9.94. The SMILES string of the molecule is OC[C@H]1O[C@H](O[C@H]2[C@@H](O)[C@H](O)[C@@H](O)O[C@@H]2CO)[C@H](O)[C@@H](O)[C@@H]1O. The first-order valence-corrected chi connectivity index (χ1v) is 7.08. The third kappa shape index (κ3) is 3.65. The Bertz CT molecular complexity index is 378. The number of ether oxygens (including phenoxy) is 3. The van der Waals surface area contributed by atoms with Crippen molar-refractivity contribution in [3.63, 3.8) is 0 Å². The van der Waals surface area contributed by atoms with Gasteiger partial charge in [-0.05, 0) is 0 Å². The summed E-state index contributed by atoms with van der Waals surface area (Å²) in [6.07, 6.45) is -15.6. The van der Waals surface area contributed by atoms with Crippen LogP contribution in [0, 0.1) is 0 Å². The molecule has 2 saturated heterocycles. The minimum absolute atomic E-state index is 0.667. The Balaban J connectivity index is 2.11. The molecule has 2 heterocycles. The van der Waals surface area contributed by atoms with Crippen LogP contribution in [-0.2, 0) is 14.2 Å². The Labute approximate surface area is 130 Å². The molecule has 2 aliphatic heterocycles. The lowest BCUT2D eigenvalue weighted by molar-refractivity contribution is -0.355. The van der Waals surface area contributed by atoms with Gasteiger partial charge in [-0.15, -0.1) is 0 Å². The minimum atomic E-state index is -1.74. The molecule has 0 amide bonds. The average molecular weight is 342 g/mol. The summed E-state index contributed by atoms with van der Waals surface area (Å²) in [6.45, 7) is -1.35. The molecule has 136 valence electrons. The Morgan fingerprint density at radius 1 is 0.652 bits per heavy atom. The summed E-state index contributed by atoms with van der Waals surface area (Å²) in [5, 5.41) is 76.5. The summed E-state index contributed by atoms with van der Waals surface area (Å²) >= 11 is 0. The van der Waals surface area contributed by atoms with Gasteiger partial charge >= 0.3 is 0 Å². The second-order valence-corrected chi connectivity index (χ2v) is 5.53. The van der Waals surface area contributed by atoms with Crippen LogP contribution in [0.5, 0.6) is 0 Å². The van der Waals surface area contributed by atoms with E-state index in [1.807, 2.05) is 0 Å². The van der Waals surface area contributed by atoms with Crippen molar-refractivity contribution >= 4 is 0 Å². The summed E-state index contributed by atoms with van der Waals surface area (Å²) in [4.78, 5) is 0. The zero-order chi connectivity index (χ0) is 17.3. The molecule has 0 aromatic carbocycles. The maximum atomic E-state index is 9.94. The van der Waals surface area contributed by atoms with Gasteiger partial charge in [0.25, 0.3) is 0 Å². The van der Waals surface area contributed by atoms with Gasteiger partial charge in [0.1, 0.15) is 48.8 Å². The summed E-state index contributed by atoms with van der Waals surface area (Å²) in [6, 6.07) is 0. The lowest BCUT2D eigenvalue weighted by atomic mass is 9.97. The van der Waals surface area contributed by atoms with Crippen molar-refractivity contribution in [3.8, 4) is 0 Å². The molecule has 10 atom stereocenters. The number of hydrogen-bond acceptors (Lipinski definition) is 11. The summed E-state index contributed by atoms with van der Waals surface area (Å²) in [7, 11) is 0. The van der Waals surface area contributed by atoms with Gasteiger partial charge in [0, 0.05) is 0 Å². The van der Waals surface area contributed by atoms with Crippen LogP contribution in [-0.4, -0.2) is 115 Å². The van der Waals surface area contributed by atoms with Crippen molar-refractivity contribution in [1.82, 2.24) is 0 Å². The summed E-state index contributed by atoms with van der Waals surface area (Å²) < 4.78 is 15.3. The Hall–Kier alpha value is -0.440. The van der Waals surface area contributed by atoms with Crippen molar-refractivity contribution in [2.75, 3.05) is 13.2 Å². The Morgan fingerprint density at radius 3 is 1.83 bits per heavy atom. The molecular formula is C12H22O11. The van der Waals surface area contributed by atoms with Gasteiger partial charge in [0.05, 0.1) is 13.2 Å². The molecule has 0 aliphatic carbocycles. The van der Waals surface area contributed by atoms with E-state index in [9.17, 15) is 35.7 Å². The van der Waals surface area contributed by atoms with Gasteiger partial charge in [0.15, 0.2) is 12.6 Å². The topological polar surface area (TPSA) is 190 Å². The summed E-state index contributed by atoms with van der Waals surface area (Å²) in [5.41, 5.74) is 0. The highest BCUT2D eigenvalue weighted by molar-refractivity contribution is 4.93. The molecular weight excluding hydrogens is 320 g/mol. The van der Waals surface area contributed by atoms with E-state index in [0.717, 1.165) is 0 Å². The van der Waals surface area contributed by atoms with E-state index in [1.54, 1.807) is 0 Å². The predicted molar refractivity (Wildman–Crippen MR) is 68.6 cm³/mol. The molecule has 0 bridgehead atoms. The molecule has 11 nitrogen and oxygen atoms in total. The quantitative estimate of drug-likeness (QED) is 0.243. The molecule has 0 aromatic heterocycles. The van der Waals surface area contributed by atoms with Crippen LogP contribution < -0.4 is 0 Å². The second kappa shape index (κ2) is 7.63. The van der Waals surface area contributed by atoms with Gasteiger partial charge in [-0.3, -0.25) is 0 Å². The number of aliphatic hydroxyl groups is 8. The molecule has 23 heavy (non-hydrogen) atoms. The first kappa shape index (κ1) is 18.9. The van der Waals surface area contributed by atoms with E-state index in [0.29, 0.717) is 0 Å². The highest BCUT2D eigenvalue weighted by Crippen LogP contribution is 2.28. The van der Waals surface area contributed by atoms with Gasteiger partial charge < -0.3 is 55.1 Å². The van der Waals surface area contributed by atoms with E-state index in [-0.39, 0.29) is 0 Å². The molecule has 2 rings (SSSR count). The maximum Gasteiger partial charge on any atom is 0.187 e. The highest BCUT2D eigenvalue weighted by atomic mass is 16.7. The van der Waals surface area contributed by atoms with E-state index >= 15 is 0 Å². The van der Waals surface area contributed by atoms with Gasteiger partial charge in [-0.1, -0.05) is 0 Å². The lowest BCUT2D eigenvalue weighted by Gasteiger charge is -2.45. The Kier molecular flexibility index (Phi) is 6.27. The summed E-state index contributed by atoms with van der Waals surface area (Å²) in [5.74, 6) is 0. The number of aliphatic hydroxyl groups excluding tert-OH is 8. The fourth-order valence-electron chi connectivity index (χ4n) is 2.57. The lowest BCUT2D eigenvalue weighted by Crippen LogP contribution is -2.64.